The van der Waals surface area contributed by atoms with Crippen LogP contribution in [-0.2, 0) is 6.54 Å². The third kappa shape index (κ3) is 2.45. The second-order valence-corrected chi connectivity index (χ2v) is 5.54. The summed E-state index contributed by atoms with van der Waals surface area (Å²) in [5.41, 5.74) is 5.66. The molecule has 0 bridgehead atoms. The third-order valence-electron chi connectivity index (χ3n) is 1.83. The number of aromatic nitrogens is 2. The van der Waals surface area contributed by atoms with Gasteiger partial charge in [0.1, 0.15) is 0 Å². The van der Waals surface area contributed by atoms with Crippen molar-refractivity contribution in [3.63, 3.8) is 0 Å². The van der Waals surface area contributed by atoms with E-state index in [0.717, 1.165) is 8.66 Å². The number of nitrogen functional groups attached to an aromatic ring is 1. The molecular weight excluding hydrogens is 278 g/mol. The predicted octanol–water partition coefficient (Wildman–Crippen LogP) is 1.70. The van der Waals surface area contributed by atoms with Crippen molar-refractivity contribution in [3.8, 4) is 0 Å². The van der Waals surface area contributed by atoms with Gasteiger partial charge in [0, 0.05) is 10.9 Å². The Bertz CT molecular complexity index is 534. The van der Waals surface area contributed by atoms with Crippen LogP contribution >= 0.6 is 27.3 Å². The van der Waals surface area contributed by atoms with E-state index in [1.807, 2.05) is 12.1 Å². The van der Waals surface area contributed by atoms with Crippen molar-refractivity contribution >= 4 is 33.0 Å². The number of nitrogens with two attached hydrogens (primary N) is 1. The summed E-state index contributed by atoms with van der Waals surface area (Å²) in [6, 6.07) is 5.28. The Balaban J connectivity index is 2.28. The largest absolute Gasteiger partial charge is 0.397 e. The minimum Gasteiger partial charge on any atom is -0.397 e. The van der Waals surface area contributed by atoms with Crippen molar-refractivity contribution in [3.05, 3.63) is 43.4 Å². The highest BCUT2D eigenvalue weighted by atomic mass is 79.9. The minimum absolute atomic E-state index is 0.181. The van der Waals surface area contributed by atoms with Crippen LogP contribution in [0.4, 0.5) is 5.69 Å². The number of halogens is 1. The lowest BCUT2D eigenvalue weighted by atomic mass is 10.4. The van der Waals surface area contributed by atoms with E-state index in [1.165, 1.54) is 16.9 Å². The van der Waals surface area contributed by atoms with Crippen molar-refractivity contribution in [1.29, 1.82) is 0 Å². The van der Waals surface area contributed by atoms with Gasteiger partial charge in [-0.3, -0.25) is 4.79 Å². The minimum atomic E-state index is -0.181. The summed E-state index contributed by atoms with van der Waals surface area (Å²) >= 11 is 4.95. The molecule has 4 nitrogen and oxygen atoms in total. The van der Waals surface area contributed by atoms with E-state index in [-0.39, 0.29) is 5.56 Å². The Morgan fingerprint density at radius 1 is 1.53 bits per heavy atom. The summed E-state index contributed by atoms with van der Waals surface area (Å²) in [6.45, 7) is 0.482. The molecule has 6 heteroatoms. The molecule has 0 saturated heterocycles. The van der Waals surface area contributed by atoms with Gasteiger partial charge in [0.25, 0.3) is 5.56 Å². The maximum Gasteiger partial charge on any atom is 0.269 e. The zero-order valence-electron chi connectivity index (χ0n) is 7.68. The molecule has 0 amide bonds. The molecule has 0 unspecified atom stereocenters. The molecule has 15 heavy (non-hydrogen) atoms. The summed E-state index contributed by atoms with van der Waals surface area (Å²) in [7, 11) is 0. The van der Waals surface area contributed by atoms with Crippen molar-refractivity contribution in [2.45, 2.75) is 6.54 Å². The first kappa shape index (κ1) is 10.4. The molecule has 0 radical (unpaired) electrons. The topological polar surface area (TPSA) is 60.9 Å². The molecule has 0 spiro atoms. The Morgan fingerprint density at radius 2 is 2.33 bits per heavy atom. The van der Waals surface area contributed by atoms with Crippen LogP contribution in [-0.4, -0.2) is 9.78 Å². The van der Waals surface area contributed by atoms with E-state index in [2.05, 4.69) is 21.0 Å². The molecule has 0 atom stereocenters. The molecule has 2 heterocycles. The normalized spacial score (nSPS) is 10.5. The number of hydrogen-bond donors (Lipinski definition) is 1. The zero-order valence-corrected chi connectivity index (χ0v) is 10.1. The molecule has 0 aliphatic rings. The van der Waals surface area contributed by atoms with Gasteiger partial charge in [-0.2, -0.15) is 5.10 Å². The first-order valence-corrected chi connectivity index (χ1v) is 5.83. The summed E-state index contributed by atoms with van der Waals surface area (Å²) in [4.78, 5) is 12.5. The average Bonchev–Trinajstić information content (AvgIpc) is 2.56. The van der Waals surface area contributed by atoms with Crippen LogP contribution in [0.2, 0.25) is 0 Å². The lowest BCUT2D eigenvalue weighted by Gasteiger charge is -2.01. The van der Waals surface area contributed by atoms with Crippen LogP contribution in [0.25, 0.3) is 0 Å². The fraction of sp³-hybridized carbons (Fsp3) is 0.111. The van der Waals surface area contributed by atoms with Gasteiger partial charge in [-0.05, 0) is 28.1 Å². The van der Waals surface area contributed by atoms with Crippen molar-refractivity contribution in [2.75, 3.05) is 5.73 Å². The second kappa shape index (κ2) is 4.16. The van der Waals surface area contributed by atoms with Gasteiger partial charge in [-0.15, -0.1) is 11.3 Å². The standard InChI is InChI=1S/C9H8BrN3OS/c10-8-2-1-7(15-8)5-13-9(14)3-6(11)4-12-13/h1-4H,5,11H2. The summed E-state index contributed by atoms with van der Waals surface area (Å²) < 4.78 is 2.43. The third-order valence-corrected chi connectivity index (χ3v) is 3.43. The van der Waals surface area contributed by atoms with Crippen LogP contribution in [0, 0.1) is 0 Å². The Morgan fingerprint density at radius 3 is 2.93 bits per heavy atom. The van der Waals surface area contributed by atoms with E-state index >= 15 is 0 Å². The molecular formula is C9H8BrN3OS. The molecule has 2 rings (SSSR count). The maximum atomic E-state index is 11.5. The van der Waals surface area contributed by atoms with Crippen LogP contribution in [0.1, 0.15) is 4.88 Å². The number of hydrogen-bond acceptors (Lipinski definition) is 4. The van der Waals surface area contributed by atoms with Crippen LogP contribution in [0.5, 0.6) is 0 Å². The quantitative estimate of drug-likeness (QED) is 0.914. The Labute approximate surface area is 98.5 Å². The second-order valence-electron chi connectivity index (χ2n) is 2.99. The van der Waals surface area contributed by atoms with Crippen molar-refractivity contribution in [2.24, 2.45) is 0 Å². The smallest absolute Gasteiger partial charge is 0.269 e. The predicted molar refractivity (Wildman–Crippen MR) is 64.0 cm³/mol. The highest BCUT2D eigenvalue weighted by Crippen LogP contribution is 2.22. The lowest BCUT2D eigenvalue weighted by molar-refractivity contribution is 0.646. The fourth-order valence-corrected chi connectivity index (χ4v) is 2.62. The maximum absolute atomic E-state index is 11.5. The molecule has 0 aromatic carbocycles. The molecule has 0 saturated carbocycles. The van der Waals surface area contributed by atoms with Gasteiger partial charge < -0.3 is 5.73 Å². The summed E-state index contributed by atoms with van der Waals surface area (Å²) in [5.74, 6) is 0. The van der Waals surface area contributed by atoms with E-state index in [4.69, 9.17) is 5.73 Å². The highest BCUT2D eigenvalue weighted by molar-refractivity contribution is 9.11. The zero-order chi connectivity index (χ0) is 10.8. The van der Waals surface area contributed by atoms with Crippen molar-refractivity contribution in [1.82, 2.24) is 9.78 Å². The Hall–Kier alpha value is -1.14. The molecule has 78 valence electrons. The van der Waals surface area contributed by atoms with Gasteiger partial charge in [0.15, 0.2) is 0 Å². The van der Waals surface area contributed by atoms with Gasteiger partial charge in [0.05, 0.1) is 22.2 Å². The molecule has 0 aliphatic carbocycles. The van der Waals surface area contributed by atoms with Gasteiger partial charge in [-0.25, -0.2) is 4.68 Å². The number of thiophene rings is 1. The van der Waals surface area contributed by atoms with Crippen LogP contribution in [0.3, 0.4) is 0 Å². The lowest BCUT2D eigenvalue weighted by Crippen LogP contribution is -2.22. The highest BCUT2D eigenvalue weighted by Gasteiger charge is 2.02. The van der Waals surface area contributed by atoms with Gasteiger partial charge >= 0.3 is 0 Å². The molecule has 2 aromatic rings. The number of nitrogens with zero attached hydrogens (tertiary/aromatic N) is 2. The van der Waals surface area contributed by atoms with Crippen LogP contribution in [0.15, 0.2) is 33.0 Å². The monoisotopic (exact) mass is 285 g/mol. The van der Waals surface area contributed by atoms with Gasteiger partial charge in [-0.1, -0.05) is 0 Å². The first-order chi connectivity index (χ1) is 7.15. The van der Waals surface area contributed by atoms with Crippen molar-refractivity contribution < 1.29 is 0 Å². The van der Waals surface area contributed by atoms with E-state index in [0.29, 0.717) is 12.2 Å². The molecule has 2 N–H and O–H groups in total. The molecule has 0 aliphatic heterocycles. The Kier molecular flexibility index (Phi) is 2.88. The number of anilines is 1. The first-order valence-electron chi connectivity index (χ1n) is 4.22. The van der Waals surface area contributed by atoms with E-state index < -0.39 is 0 Å². The van der Waals surface area contributed by atoms with E-state index in [1.54, 1.807) is 11.3 Å². The average molecular weight is 286 g/mol. The summed E-state index contributed by atoms with van der Waals surface area (Å²) in [6.07, 6.45) is 1.48. The molecule has 0 fully saturated rings. The SMILES string of the molecule is Nc1cnn(Cc2ccc(Br)s2)c(=O)c1. The number of rotatable bonds is 2. The van der Waals surface area contributed by atoms with E-state index in [9.17, 15) is 4.79 Å². The fourth-order valence-electron chi connectivity index (χ4n) is 1.15. The molecule has 2 aromatic heterocycles. The summed E-state index contributed by atoms with van der Waals surface area (Å²) in [5, 5.41) is 3.95. The van der Waals surface area contributed by atoms with Gasteiger partial charge in [0.2, 0.25) is 0 Å². The van der Waals surface area contributed by atoms with Crippen LogP contribution < -0.4 is 11.3 Å².